The number of carbonyl (C=O) groups is 1. The molecule has 3 rings (SSSR count). The van der Waals surface area contributed by atoms with Gasteiger partial charge in [0.05, 0.1) is 5.69 Å². The normalized spacial score (nSPS) is 17.9. The van der Waals surface area contributed by atoms with Crippen molar-refractivity contribution in [3.8, 4) is 17.1 Å². The number of benzene rings is 1. The molecular formula is C35H51F3N2O3. The fraction of sp³-hybridized carbons (Fsp3) is 0.686. The van der Waals surface area contributed by atoms with Crippen molar-refractivity contribution in [2.24, 2.45) is 5.92 Å². The van der Waals surface area contributed by atoms with Gasteiger partial charge in [0.2, 0.25) is 12.0 Å². The topological polar surface area (TPSA) is 61.3 Å². The summed E-state index contributed by atoms with van der Waals surface area (Å²) in [6.07, 6.45) is 12.1. The predicted octanol–water partition coefficient (Wildman–Crippen LogP) is 10.4. The maximum Gasteiger partial charge on any atom is 0.428 e. The van der Waals surface area contributed by atoms with Crippen molar-refractivity contribution in [1.82, 2.24) is 10.2 Å². The summed E-state index contributed by atoms with van der Waals surface area (Å²) in [4.78, 5) is 11.9. The molecule has 0 amide bonds. The summed E-state index contributed by atoms with van der Waals surface area (Å²) in [5, 5.41) is 8.10. The van der Waals surface area contributed by atoms with Crippen LogP contribution in [0.4, 0.5) is 13.2 Å². The second kappa shape index (κ2) is 18.9. The lowest BCUT2D eigenvalue weighted by atomic mass is 9.77. The molecule has 0 aliphatic heterocycles. The molecule has 1 heterocycles. The van der Waals surface area contributed by atoms with E-state index in [2.05, 4.69) is 34.0 Å². The molecule has 1 aromatic carbocycles. The molecule has 1 aliphatic rings. The van der Waals surface area contributed by atoms with Crippen molar-refractivity contribution in [2.75, 3.05) is 6.61 Å². The fourth-order valence-electron chi connectivity index (χ4n) is 5.92. The Labute approximate surface area is 256 Å². The van der Waals surface area contributed by atoms with Crippen LogP contribution in [0.2, 0.25) is 0 Å². The zero-order valence-electron chi connectivity index (χ0n) is 26.2. The highest BCUT2D eigenvalue weighted by molar-refractivity contribution is 5.69. The Morgan fingerprint density at radius 1 is 0.814 bits per heavy atom. The van der Waals surface area contributed by atoms with Gasteiger partial charge in [-0.25, -0.2) is 0 Å². The third-order valence-corrected chi connectivity index (χ3v) is 8.64. The summed E-state index contributed by atoms with van der Waals surface area (Å²) in [6.45, 7) is 3.41. The van der Waals surface area contributed by atoms with Gasteiger partial charge in [0.15, 0.2) is 0 Å². The fourth-order valence-corrected chi connectivity index (χ4v) is 5.92. The van der Waals surface area contributed by atoms with Gasteiger partial charge in [-0.15, -0.1) is 10.2 Å². The first-order chi connectivity index (χ1) is 20.8. The van der Waals surface area contributed by atoms with Gasteiger partial charge in [0.1, 0.15) is 6.61 Å². The van der Waals surface area contributed by atoms with E-state index < -0.39 is 24.9 Å². The first-order valence-electron chi connectivity index (χ1n) is 16.6. The average molecular weight is 605 g/mol. The smallest absolute Gasteiger partial charge is 0.428 e. The van der Waals surface area contributed by atoms with Crippen molar-refractivity contribution in [1.29, 1.82) is 0 Å². The largest absolute Gasteiger partial charge is 0.472 e. The van der Waals surface area contributed by atoms with Gasteiger partial charge in [-0.05, 0) is 55.6 Å². The van der Waals surface area contributed by atoms with Gasteiger partial charge in [-0.3, -0.25) is 4.79 Å². The molecule has 240 valence electrons. The van der Waals surface area contributed by atoms with E-state index in [1.165, 1.54) is 88.7 Å². The van der Waals surface area contributed by atoms with Gasteiger partial charge in [0.25, 0.3) is 0 Å². The molecule has 1 aromatic heterocycles. The zero-order valence-corrected chi connectivity index (χ0v) is 26.2. The predicted molar refractivity (Wildman–Crippen MR) is 165 cm³/mol. The maximum atomic E-state index is 13.4. The first-order valence-corrected chi connectivity index (χ1v) is 16.6. The number of rotatable bonds is 19. The van der Waals surface area contributed by atoms with Gasteiger partial charge < -0.3 is 9.47 Å². The third-order valence-electron chi connectivity index (χ3n) is 8.64. The van der Waals surface area contributed by atoms with E-state index >= 15 is 0 Å². The van der Waals surface area contributed by atoms with E-state index in [1.54, 1.807) is 6.07 Å². The highest BCUT2D eigenvalue weighted by atomic mass is 19.4. The number of nitrogens with zero attached hydrogens (tertiary/aromatic N) is 2. The van der Waals surface area contributed by atoms with Crippen molar-refractivity contribution in [3.05, 3.63) is 42.0 Å². The third kappa shape index (κ3) is 12.9. The number of aromatic nitrogens is 2. The molecule has 1 unspecified atom stereocenters. The Kier molecular flexibility index (Phi) is 15.3. The minimum atomic E-state index is -4.74. The number of carbonyl (C=O) groups excluding carboxylic acids is 1. The number of ether oxygens (including phenoxy) is 2. The second-order valence-corrected chi connectivity index (χ2v) is 12.1. The van der Waals surface area contributed by atoms with Crippen LogP contribution in [0.1, 0.15) is 134 Å². The van der Waals surface area contributed by atoms with E-state index in [0.29, 0.717) is 18.0 Å². The summed E-state index contributed by atoms with van der Waals surface area (Å²) in [6, 6.07) is 11.5. The lowest BCUT2D eigenvalue weighted by Crippen LogP contribution is -2.38. The maximum absolute atomic E-state index is 13.4. The van der Waals surface area contributed by atoms with Crippen molar-refractivity contribution >= 4 is 5.97 Å². The Morgan fingerprint density at radius 2 is 1.44 bits per heavy atom. The van der Waals surface area contributed by atoms with Gasteiger partial charge in [0, 0.05) is 18.1 Å². The number of esters is 1. The van der Waals surface area contributed by atoms with Gasteiger partial charge in [-0.2, -0.15) is 13.2 Å². The number of halogens is 3. The molecule has 1 aliphatic carbocycles. The Morgan fingerprint density at radius 3 is 2.05 bits per heavy atom. The summed E-state index contributed by atoms with van der Waals surface area (Å²) in [7, 11) is 0. The molecule has 0 spiro atoms. The molecule has 0 radical (unpaired) electrons. The van der Waals surface area contributed by atoms with Crippen molar-refractivity contribution in [2.45, 2.75) is 141 Å². The summed E-state index contributed by atoms with van der Waals surface area (Å²) < 4.78 is 50.1. The molecular weight excluding hydrogens is 553 g/mol. The van der Waals surface area contributed by atoms with Crippen LogP contribution in [0.3, 0.4) is 0 Å². The van der Waals surface area contributed by atoms with Gasteiger partial charge >= 0.3 is 12.1 Å². The Hall–Kier alpha value is -2.64. The molecule has 1 saturated carbocycles. The SMILES string of the molecule is CCCCCCCCCC1CCC(c2ccc(-c3ccc(OCC(OC(=O)CCCCCC)C(F)(F)F)nn3)cc2)CC1. The van der Waals surface area contributed by atoms with Crippen LogP contribution in [0.5, 0.6) is 5.88 Å². The minimum Gasteiger partial charge on any atom is -0.472 e. The summed E-state index contributed by atoms with van der Waals surface area (Å²) in [5.74, 6) is 0.537. The lowest BCUT2D eigenvalue weighted by Gasteiger charge is -2.29. The van der Waals surface area contributed by atoms with E-state index in [4.69, 9.17) is 4.74 Å². The quantitative estimate of drug-likeness (QED) is 0.118. The van der Waals surface area contributed by atoms with Crippen LogP contribution in [-0.2, 0) is 9.53 Å². The molecule has 2 aromatic rings. The van der Waals surface area contributed by atoms with E-state index in [9.17, 15) is 18.0 Å². The molecule has 0 bridgehead atoms. The lowest BCUT2D eigenvalue weighted by molar-refractivity contribution is -0.227. The van der Waals surface area contributed by atoms with Crippen LogP contribution in [0.25, 0.3) is 11.3 Å². The molecule has 8 heteroatoms. The van der Waals surface area contributed by atoms with Gasteiger partial charge in [-0.1, -0.05) is 109 Å². The van der Waals surface area contributed by atoms with Crippen molar-refractivity contribution in [3.63, 3.8) is 0 Å². The Balaban J connectivity index is 1.42. The van der Waals surface area contributed by atoms with Crippen molar-refractivity contribution < 1.29 is 27.4 Å². The van der Waals surface area contributed by atoms with E-state index in [1.807, 2.05) is 19.1 Å². The monoisotopic (exact) mass is 604 g/mol. The molecule has 5 nitrogen and oxygen atoms in total. The highest BCUT2D eigenvalue weighted by Gasteiger charge is 2.43. The Bertz CT molecular complexity index is 1040. The number of hydrogen-bond acceptors (Lipinski definition) is 5. The molecule has 1 atom stereocenters. The first kappa shape index (κ1) is 34.8. The average Bonchev–Trinajstić information content (AvgIpc) is 3.01. The van der Waals surface area contributed by atoms with Crippen LogP contribution in [-0.4, -0.2) is 35.1 Å². The molecule has 1 fully saturated rings. The van der Waals surface area contributed by atoms with Crippen LogP contribution in [0.15, 0.2) is 36.4 Å². The minimum absolute atomic E-state index is 0.0412. The number of unbranched alkanes of at least 4 members (excludes halogenated alkanes) is 9. The van der Waals surface area contributed by atoms with E-state index in [0.717, 1.165) is 30.7 Å². The highest BCUT2D eigenvalue weighted by Crippen LogP contribution is 2.38. The zero-order chi connectivity index (χ0) is 30.9. The summed E-state index contributed by atoms with van der Waals surface area (Å²) in [5.41, 5.74) is 2.85. The number of alkyl halides is 3. The molecule has 43 heavy (non-hydrogen) atoms. The van der Waals surface area contributed by atoms with E-state index in [-0.39, 0.29) is 12.3 Å². The molecule has 0 N–H and O–H groups in total. The van der Waals surface area contributed by atoms with Crippen LogP contribution in [0, 0.1) is 5.92 Å². The standard InChI is InChI=1S/C35H51F3N2O3/c1-3-5-7-9-10-11-12-14-27-16-18-28(19-17-27)29-20-22-30(23-21-29)31-24-25-33(40-39-31)42-26-32(35(36,37)38)43-34(41)15-13-8-6-4-2/h20-25,27-28,32H,3-19,26H2,1-2H3. The number of hydrogen-bond donors (Lipinski definition) is 0. The second-order valence-electron chi connectivity index (χ2n) is 12.1. The molecule has 0 saturated heterocycles. The van der Waals surface area contributed by atoms with Crippen LogP contribution >= 0.6 is 0 Å². The summed E-state index contributed by atoms with van der Waals surface area (Å²) >= 11 is 0. The van der Waals surface area contributed by atoms with Crippen LogP contribution < -0.4 is 4.74 Å².